The summed E-state index contributed by atoms with van der Waals surface area (Å²) in [6, 6.07) is 6.40. The topological polar surface area (TPSA) is 18.5 Å². The van der Waals surface area contributed by atoms with Gasteiger partial charge in [-0.15, -0.1) is 0 Å². The Balaban J connectivity index is 1.65. The Labute approximate surface area is 132 Å². The minimum absolute atomic E-state index is 0.930. The molecule has 0 bridgehead atoms. The van der Waals surface area contributed by atoms with Gasteiger partial charge in [0, 0.05) is 54.8 Å². The second-order valence-corrected chi connectivity index (χ2v) is 6.78. The van der Waals surface area contributed by atoms with E-state index in [0.29, 0.717) is 0 Å². The van der Waals surface area contributed by atoms with Crippen LogP contribution in [0.2, 0.25) is 0 Å². The quantitative estimate of drug-likeness (QED) is 0.779. The molecule has 1 fully saturated rings. The molecule has 0 atom stereocenters. The molecule has 1 aromatic rings. The lowest BCUT2D eigenvalue weighted by Gasteiger charge is -2.32. The molecule has 5 heteroatoms. The number of halogens is 2. The Morgan fingerprint density at radius 3 is 2.53 bits per heavy atom. The van der Waals surface area contributed by atoms with Crippen molar-refractivity contribution in [2.75, 3.05) is 46.3 Å². The first-order chi connectivity index (χ1) is 9.15. The van der Waals surface area contributed by atoms with Gasteiger partial charge in [0.15, 0.2) is 0 Å². The molecule has 1 saturated heterocycles. The highest BCUT2D eigenvalue weighted by Gasteiger charge is 2.12. The van der Waals surface area contributed by atoms with E-state index in [1.54, 1.807) is 0 Å². The van der Waals surface area contributed by atoms with E-state index < -0.39 is 0 Å². The molecule has 0 spiro atoms. The van der Waals surface area contributed by atoms with Gasteiger partial charge in [-0.05, 0) is 56.6 Å². The second-order valence-electron chi connectivity index (χ2n) is 5.07. The number of hydrogen-bond donors (Lipinski definition) is 1. The van der Waals surface area contributed by atoms with E-state index >= 15 is 0 Å². The lowest BCUT2D eigenvalue weighted by Crippen LogP contribution is -2.46. The molecule has 1 aliphatic heterocycles. The first-order valence-corrected chi connectivity index (χ1v) is 8.29. The Hall–Kier alpha value is 0.0600. The fraction of sp³-hybridized carbons (Fsp3) is 0.571. The molecule has 0 aromatic heterocycles. The normalized spacial score (nSPS) is 17.8. The summed E-state index contributed by atoms with van der Waals surface area (Å²) in [5, 5.41) is 3.52. The van der Waals surface area contributed by atoms with E-state index in [0.717, 1.165) is 28.6 Å². The van der Waals surface area contributed by atoms with Crippen molar-refractivity contribution in [3.05, 3.63) is 32.7 Å². The molecular weight excluding hydrogens is 370 g/mol. The largest absolute Gasteiger partial charge is 0.311 e. The van der Waals surface area contributed by atoms with Gasteiger partial charge in [-0.3, -0.25) is 4.90 Å². The molecule has 1 aliphatic rings. The zero-order valence-corrected chi connectivity index (χ0v) is 14.5. The SMILES string of the molecule is CN1CCN(CCNCc2ccc(Br)c(Br)c2)CC1. The fourth-order valence-corrected chi connectivity index (χ4v) is 2.86. The van der Waals surface area contributed by atoms with E-state index in [4.69, 9.17) is 0 Å². The van der Waals surface area contributed by atoms with Crippen molar-refractivity contribution in [2.45, 2.75) is 6.54 Å². The Kier molecular flexibility index (Phi) is 6.29. The maximum Gasteiger partial charge on any atom is 0.0320 e. The van der Waals surface area contributed by atoms with Crippen molar-refractivity contribution in [3.8, 4) is 0 Å². The van der Waals surface area contributed by atoms with Gasteiger partial charge < -0.3 is 10.2 Å². The smallest absolute Gasteiger partial charge is 0.0320 e. The fourth-order valence-electron chi connectivity index (χ4n) is 2.19. The highest BCUT2D eigenvalue weighted by Crippen LogP contribution is 2.23. The molecule has 1 heterocycles. The van der Waals surface area contributed by atoms with E-state index in [1.165, 1.54) is 31.7 Å². The molecule has 0 saturated carbocycles. The van der Waals surface area contributed by atoms with Crippen molar-refractivity contribution in [1.82, 2.24) is 15.1 Å². The summed E-state index contributed by atoms with van der Waals surface area (Å²) in [7, 11) is 2.20. The van der Waals surface area contributed by atoms with Crippen LogP contribution in [0.3, 0.4) is 0 Å². The molecule has 0 amide bonds. The molecule has 106 valence electrons. The summed E-state index contributed by atoms with van der Waals surface area (Å²) < 4.78 is 2.22. The number of nitrogens with one attached hydrogen (secondary N) is 1. The summed E-state index contributed by atoms with van der Waals surface area (Å²) >= 11 is 7.03. The zero-order valence-electron chi connectivity index (χ0n) is 11.3. The van der Waals surface area contributed by atoms with Crippen molar-refractivity contribution < 1.29 is 0 Å². The maximum atomic E-state index is 3.54. The molecule has 1 N–H and O–H groups in total. The van der Waals surface area contributed by atoms with E-state index in [-0.39, 0.29) is 0 Å². The average molecular weight is 391 g/mol. The number of benzene rings is 1. The lowest BCUT2D eigenvalue weighted by atomic mass is 10.2. The van der Waals surface area contributed by atoms with Crippen LogP contribution < -0.4 is 5.32 Å². The van der Waals surface area contributed by atoms with Crippen LogP contribution in [0.1, 0.15) is 5.56 Å². The van der Waals surface area contributed by atoms with Crippen LogP contribution in [0.15, 0.2) is 27.1 Å². The highest BCUT2D eigenvalue weighted by molar-refractivity contribution is 9.13. The monoisotopic (exact) mass is 389 g/mol. The first-order valence-electron chi connectivity index (χ1n) is 6.71. The van der Waals surface area contributed by atoms with Gasteiger partial charge in [0.25, 0.3) is 0 Å². The van der Waals surface area contributed by atoms with Gasteiger partial charge >= 0.3 is 0 Å². The minimum atomic E-state index is 0.930. The van der Waals surface area contributed by atoms with Crippen LogP contribution in [-0.4, -0.2) is 56.1 Å². The summed E-state index contributed by atoms with van der Waals surface area (Å²) in [6.07, 6.45) is 0. The third-order valence-corrected chi connectivity index (χ3v) is 5.39. The van der Waals surface area contributed by atoms with Crippen molar-refractivity contribution in [2.24, 2.45) is 0 Å². The molecular formula is C14H21Br2N3. The summed E-state index contributed by atoms with van der Waals surface area (Å²) in [5.41, 5.74) is 1.31. The van der Waals surface area contributed by atoms with Gasteiger partial charge in [-0.2, -0.15) is 0 Å². The average Bonchev–Trinajstić information content (AvgIpc) is 2.41. The van der Waals surface area contributed by atoms with Gasteiger partial charge in [0.1, 0.15) is 0 Å². The van der Waals surface area contributed by atoms with Gasteiger partial charge in [0.05, 0.1) is 0 Å². The number of rotatable bonds is 5. The Morgan fingerprint density at radius 2 is 1.84 bits per heavy atom. The summed E-state index contributed by atoms with van der Waals surface area (Å²) in [4.78, 5) is 4.92. The molecule has 19 heavy (non-hydrogen) atoms. The summed E-state index contributed by atoms with van der Waals surface area (Å²) in [6.45, 7) is 7.91. The highest BCUT2D eigenvalue weighted by atomic mass is 79.9. The predicted molar refractivity (Wildman–Crippen MR) is 87.5 cm³/mol. The van der Waals surface area contributed by atoms with Crippen molar-refractivity contribution in [3.63, 3.8) is 0 Å². The Morgan fingerprint density at radius 1 is 1.11 bits per heavy atom. The van der Waals surface area contributed by atoms with Crippen LogP contribution in [0.4, 0.5) is 0 Å². The third kappa shape index (κ3) is 5.16. The predicted octanol–water partition coefficient (Wildman–Crippen LogP) is 2.55. The number of hydrogen-bond acceptors (Lipinski definition) is 3. The standard InChI is InChI=1S/C14H21Br2N3/c1-18-6-8-19(9-7-18)5-4-17-11-12-2-3-13(15)14(16)10-12/h2-3,10,17H,4-9,11H2,1H3. The van der Waals surface area contributed by atoms with Crippen LogP contribution in [0.25, 0.3) is 0 Å². The Bertz CT molecular complexity index is 404. The van der Waals surface area contributed by atoms with Crippen LogP contribution in [-0.2, 0) is 6.54 Å². The maximum absolute atomic E-state index is 3.54. The van der Waals surface area contributed by atoms with Gasteiger partial charge in [-0.1, -0.05) is 6.07 Å². The van der Waals surface area contributed by atoms with Crippen molar-refractivity contribution >= 4 is 31.9 Å². The number of piperazine rings is 1. The van der Waals surface area contributed by atoms with E-state index in [2.05, 4.69) is 72.2 Å². The summed E-state index contributed by atoms with van der Waals surface area (Å²) in [5.74, 6) is 0. The molecule has 1 aromatic carbocycles. The number of likely N-dealkylation sites (N-methyl/N-ethyl adjacent to an activating group) is 1. The molecule has 2 rings (SSSR count). The first kappa shape index (κ1) is 15.4. The molecule has 3 nitrogen and oxygen atoms in total. The third-order valence-electron chi connectivity index (χ3n) is 3.51. The molecule has 0 unspecified atom stereocenters. The van der Waals surface area contributed by atoms with Gasteiger partial charge in [-0.25, -0.2) is 0 Å². The van der Waals surface area contributed by atoms with Crippen LogP contribution >= 0.6 is 31.9 Å². The van der Waals surface area contributed by atoms with Crippen molar-refractivity contribution in [1.29, 1.82) is 0 Å². The van der Waals surface area contributed by atoms with Crippen LogP contribution in [0, 0.1) is 0 Å². The van der Waals surface area contributed by atoms with E-state index in [1.807, 2.05) is 0 Å². The molecule has 0 radical (unpaired) electrons. The lowest BCUT2D eigenvalue weighted by molar-refractivity contribution is 0.154. The zero-order chi connectivity index (χ0) is 13.7. The minimum Gasteiger partial charge on any atom is -0.311 e. The van der Waals surface area contributed by atoms with Crippen LogP contribution in [0.5, 0.6) is 0 Å². The number of nitrogens with zero attached hydrogens (tertiary/aromatic N) is 2. The van der Waals surface area contributed by atoms with Gasteiger partial charge in [0.2, 0.25) is 0 Å². The second kappa shape index (κ2) is 7.74. The van der Waals surface area contributed by atoms with E-state index in [9.17, 15) is 0 Å². The molecule has 0 aliphatic carbocycles.